The van der Waals surface area contributed by atoms with Crippen molar-refractivity contribution in [1.29, 1.82) is 0 Å². The number of carbonyl (C=O) groups is 1. The zero-order valence-electron chi connectivity index (χ0n) is 15.9. The molecule has 2 aromatic carbocycles. The van der Waals surface area contributed by atoms with Gasteiger partial charge < -0.3 is 4.74 Å². The van der Waals surface area contributed by atoms with E-state index in [9.17, 15) is 13.2 Å². The van der Waals surface area contributed by atoms with Crippen LogP contribution in [0.15, 0.2) is 70.5 Å². The summed E-state index contributed by atoms with van der Waals surface area (Å²) in [7, 11) is -2.42. The molecule has 0 atom stereocenters. The van der Waals surface area contributed by atoms with E-state index in [1.165, 1.54) is 23.2 Å². The molecule has 3 rings (SSSR count). The number of anilines is 1. The molecule has 1 aliphatic heterocycles. The molecule has 0 amide bonds. The fourth-order valence-corrected chi connectivity index (χ4v) is 5.41. The maximum absolute atomic E-state index is 13.3. The number of nitrogens with zero attached hydrogens (tertiary/aromatic N) is 1. The number of sulfonamides is 1. The van der Waals surface area contributed by atoms with Gasteiger partial charge in [-0.15, -0.1) is 0 Å². The van der Waals surface area contributed by atoms with Gasteiger partial charge in [0.25, 0.3) is 10.0 Å². The third kappa shape index (κ3) is 3.72. The minimum Gasteiger partial charge on any atom is -0.465 e. The SMILES string of the molecule is C=C(SC1=C(C)CN(S(=O)(=O)c2ccc(C)cc2)c2ccccc21)C(=O)OC. The summed E-state index contributed by atoms with van der Waals surface area (Å²) in [6.07, 6.45) is 0. The van der Waals surface area contributed by atoms with Crippen molar-refractivity contribution in [3.63, 3.8) is 0 Å². The molecule has 0 saturated carbocycles. The Morgan fingerprint density at radius 3 is 2.39 bits per heavy atom. The van der Waals surface area contributed by atoms with E-state index < -0.39 is 16.0 Å². The molecular weight excluding hydrogens is 394 g/mol. The predicted octanol–water partition coefficient (Wildman–Crippen LogP) is 4.35. The summed E-state index contributed by atoms with van der Waals surface area (Å²) in [6, 6.07) is 14.1. The molecule has 0 aromatic heterocycles. The van der Waals surface area contributed by atoms with Crippen LogP contribution in [0, 0.1) is 6.92 Å². The molecular formula is C21H21NO4S2. The van der Waals surface area contributed by atoms with Gasteiger partial charge in [0.15, 0.2) is 0 Å². The lowest BCUT2D eigenvalue weighted by atomic mass is 10.1. The second kappa shape index (κ2) is 7.85. The van der Waals surface area contributed by atoms with Crippen LogP contribution in [0.25, 0.3) is 4.91 Å². The van der Waals surface area contributed by atoms with Gasteiger partial charge in [0.05, 0.1) is 29.1 Å². The van der Waals surface area contributed by atoms with Crippen LogP contribution in [0.3, 0.4) is 0 Å². The van der Waals surface area contributed by atoms with Crippen LogP contribution >= 0.6 is 11.8 Å². The smallest absolute Gasteiger partial charge is 0.344 e. The van der Waals surface area contributed by atoms with Crippen LogP contribution < -0.4 is 4.31 Å². The maximum Gasteiger partial charge on any atom is 0.344 e. The van der Waals surface area contributed by atoms with E-state index >= 15 is 0 Å². The summed E-state index contributed by atoms with van der Waals surface area (Å²) in [5.41, 5.74) is 3.16. The molecule has 0 saturated heterocycles. The minimum atomic E-state index is -3.72. The Balaban J connectivity index is 2.06. The van der Waals surface area contributed by atoms with Crippen molar-refractivity contribution >= 4 is 38.3 Å². The Labute approximate surface area is 169 Å². The van der Waals surface area contributed by atoms with E-state index in [0.717, 1.165) is 21.6 Å². The lowest BCUT2D eigenvalue weighted by Gasteiger charge is -2.32. The Morgan fingerprint density at radius 1 is 1.11 bits per heavy atom. The number of benzene rings is 2. The molecule has 0 fully saturated rings. The van der Waals surface area contributed by atoms with Crippen molar-refractivity contribution in [1.82, 2.24) is 0 Å². The van der Waals surface area contributed by atoms with Crippen molar-refractivity contribution in [2.24, 2.45) is 0 Å². The number of aryl methyl sites for hydroxylation is 1. The number of thioether (sulfide) groups is 1. The van der Waals surface area contributed by atoms with Crippen molar-refractivity contribution in [3.8, 4) is 0 Å². The van der Waals surface area contributed by atoms with Crippen molar-refractivity contribution < 1.29 is 17.9 Å². The molecule has 146 valence electrons. The number of fused-ring (bicyclic) bond motifs is 1. The minimum absolute atomic E-state index is 0.198. The molecule has 2 aromatic rings. The first-order valence-corrected chi connectivity index (χ1v) is 10.8. The fraction of sp³-hybridized carbons (Fsp3) is 0.190. The van der Waals surface area contributed by atoms with Crippen LogP contribution in [0.2, 0.25) is 0 Å². The quantitative estimate of drug-likeness (QED) is 0.536. The Bertz CT molecular complexity index is 1070. The summed E-state index contributed by atoms with van der Waals surface area (Å²) in [5, 5.41) is 0. The molecule has 0 N–H and O–H groups in total. The normalized spacial score (nSPS) is 13.9. The molecule has 0 unspecified atom stereocenters. The largest absolute Gasteiger partial charge is 0.465 e. The average Bonchev–Trinajstić information content (AvgIpc) is 2.69. The highest BCUT2D eigenvalue weighted by Gasteiger charge is 2.32. The monoisotopic (exact) mass is 415 g/mol. The van der Waals surface area contributed by atoms with Gasteiger partial charge in [0.1, 0.15) is 0 Å². The van der Waals surface area contributed by atoms with Crippen molar-refractivity contribution in [2.45, 2.75) is 18.7 Å². The van der Waals surface area contributed by atoms with Gasteiger partial charge in [-0.2, -0.15) is 0 Å². The number of rotatable bonds is 5. The van der Waals surface area contributed by atoms with Gasteiger partial charge in [-0.3, -0.25) is 4.31 Å². The van der Waals surface area contributed by atoms with E-state index in [1.807, 2.05) is 26.0 Å². The zero-order valence-corrected chi connectivity index (χ0v) is 17.6. The van der Waals surface area contributed by atoms with Gasteiger partial charge in [-0.05, 0) is 37.6 Å². The lowest BCUT2D eigenvalue weighted by molar-refractivity contribution is -0.135. The highest BCUT2D eigenvalue weighted by molar-refractivity contribution is 8.12. The van der Waals surface area contributed by atoms with Crippen LogP contribution in [0.1, 0.15) is 18.1 Å². The second-order valence-electron chi connectivity index (χ2n) is 6.47. The Morgan fingerprint density at radius 2 is 1.75 bits per heavy atom. The molecule has 0 radical (unpaired) electrons. The summed E-state index contributed by atoms with van der Waals surface area (Å²) in [6.45, 7) is 7.75. The summed E-state index contributed by atoms with van der Waals surface area (Å²) >= 11 is 1.20. The molecule has 1 heterocycles. The van der Waals surface area contributed by atoms with Crippen molar-refractivity contribution in [2.75, 3.05) is 18.0 Å². The van der Waals surface area contributed by atoms with Crippen LogP contribution in [0.4, 0.5) is 5.69 Å². The lowest BCUT2D eigenvalue weighted by Crippen LogP contribution is -2.35. The standard InChI is InChI=1S/C21H21NO4S2/c1-14-9-11-17(12-10-14)28(24,25)22-13-15(2)20(27-16(3)21(23)26-4)18-7-5-6-8-19(18)22/h5-12H,3,13H2,1-2,4H3. The number of methoxy groups -OCH3 is 1. The summed E-state index contributed by atoms with van der Waals surface area (Å²) in [5.74, 6) is -0.502. The topological polar surface area (TPSA) is 63.7 Å². The van der Waals surface area contributed by atoms with E-state index in [1.54, 1.807) is 36.4 Å². The first-order valence-electron chi connectivity index (χ1n) is 8.59. The predicted molar refractivity (Wildman–Crippen MR) is 113 cm³/mol. The van der Waals surface area contributed by atoms with Crippen LogP contribution in [-0.2, 0) is 19.6 Å². The Kier molecular flexibility index (Phi) is 5.67. The third-order valence-electron chi connectivity index (χ3n) is 4.43. The highest BCUT2D eigenvalue weighted by atomic mass is 32.2. The van der Waals surface area contributed by atoms with E-state index in [2.05, 4.69) is 6.58 Å². The first kappa shape index (κ1) is 20.2. The number of hydrogen-bond acceptors (Lipinski definition) is 5. The average molecular weight is 416 g/mol. The van der Waals surface area contributed by atoms with Gasteiger partial charge in [0, 0.05) is 10.5 Å². The number of esters is 1. The number of ether oxygens (including phenoxy) is 1. The summed E-state index contributed by atoms with van der Waals surface area (Å²) < 4.78 is 32.7. The highest BCUT2D eigenvalue weighted by Crippen LogP contribution is 2.45. The van der Waals surface area contributed by atoms with Crippen LogP contribution in [-0.4, -0.2) is 28.0 Å². The van der Waals surface area contributed by atoms with E-state index in [0.29, 0.717) is 5.69 Å². The van der Waals surface area contributed by atoms with Gasteiger partial charge in [-0.1, -0.05) is 54.2 Å². The zero-order chi connectivity index (χ0) is 20.5. The van der Waals surface area contributed by atoms with E-state index in [-0.39, 0.29) is 16.3 Å². The molecule has 5 nitrogen and oxygen atoms in total. The molecule has 0 aliphatic carbocycles. The molecule has 1 aliphatic rings. The number of carbonyl (C=O) groups excluding carboxylic acids is 1. The first-order chi connectivity index (χ1) is 13.3. The van der Waals surface area contributed by atoms with E-state index in [4.69, 9.17) is 4.74 Å². The molecule has 28 heavy (non-hydrogen) atoms. The maximum atomic E-state index is 13.3. The molecule has 7 heteroatoms. The third-order valence-corrected chi connectivity index (χ3v) is 7.39. The van der Waals surface area contributed by atoms with Gasteiger partial charge in [0.2, 0.25) is 0 Å². The fourth-order valence-electron chi connectivity index (χ4n) is 2.96. The van der Waals surface area contributed by atoms with Gasteiger partial charge >= 0.3 is 5.97 Å². The summed E-state index contributed by atoms with van der Waals surface area (Å²) in [4.78, 5) is 13.1. The van der Waals surface area contributed by atoms with Crippen LogP contribution in [0.5, 0.6) is 0 Å². The molecule has 0 spiro atoms. The van der Waals surface area contributed by atoms with Gasteiger partial charge in [-0.25, -0.2) is 13.2 Å². The number of hydrogen-bond donors (Lipinski definition) is 0. The second-order valence-corrected chi connectivity index (χ2v) is 9.44. The number of para-hydroxylation sites is 1. The van der Waals surface area contributed by atoms with Crippen molar-refractivity contribution in [3.05, 3.63) is 76.7 Å². The Hall–Kier alpha value is -2.51. The molecule has 0 bridgehead atoms.